The minimum atomic E-state index is -0.544. The van der Waals surface area contributed by atoms with Crippen molar-refractivity contribution in [3.8, 4) is 0 Å². The quantitative estimate of drug-likeness (QED) is 0.814. The first kappa shape index (κ1) is 10.1. The number of carbonyl (C=O) groups excluding carboxylic acids is 1. The van der Waals surface area contributed by atoms with E-state index in [1.165, 1.54) is 7.11 Å². The van der Waals surface area contributed by atoms with Crippen LogP contribution in [0.2, 0.25) is 0 Å². The van der Waals surface area contributed by atoms with Crippen LogP contribution in [-0.4, -0.2) is 18.0 Å². The number of hydrogen-bond donors (Lipinski definition) is 1. The van der Waals surface area contributed by atoms with Gasteiger partial charge in [0.05, 0.1) is 5.69 Å². The van der Waals surface area contributed by atoms with Crippen molar-refractivity contribution < 1.29 is 9.53 Å². The number of nitrogens with two attached hydrogens (primary N) is 1. The topological polar surface area (TPSA) is 65.2 Å². The van der Waals surface area contributed by atoms with Crippen LogP contribution in [0.5, 0.6) is 0 Å². The van der Waals surface area contributed by atoms with Crippen molar-refractivity contribution >= 4 is 21.8 Å². The van der Waals surface area contributed by atoms with Crippen LogP contribution in [0, 0.1) is 0 Å². The monoisotopic (exact) mass is 244 g/mol. The lowest BCUT2D eigenvalue weighted by atomic mass is 10.3. The van der Waals surface area contributed by atoms with Crippen LogP contribution in [0.4, 0.5) is 0 Å². The van der Waals surface area contributed by atoms with Gasteiger partial charge in [0.15, 0.2) is 5.01 Å². The highest BCUT2D eigenvalue weighted by Gasteiger charge is 2.09. The number of primary amides is 1. The number of methoxy groups -OCH3 is 1. The van der Waals surface area contributed by atoms with Crippen LogP contribution in [0.1, 0.15) is 21.2 Å². The molecule has 1 rings (SSSR count). The number of aromatic nitrogens is 1. The maximum atomic E-state index is 10.8. The number of carbonyl (C=O) groups is 1. The fourth-order valence-corrected chi connectivity index (χ4v) is 1.09. The molecule has 0 bridgehead atoms. The molecule has 0 aliphatic heterocycles. The molecule has 5 heteroatoms. The number of rotatable bonds is 3. The van der Waals surface area contributed by atoms with Gasteiger partial charge in [0, 0.05) is 7.11 Å². The number of halogens is 1. The lowest BCUT2D eigenvalue weighted by Crippen LogP contribution is -2.14. The number of alkyl halides is 1. The summed E-state index contributed by atoms with van der Waals surface area (Å²) in [7, 11) is 1.54. The summed E-state index contributed by atoms with van der Waals surface area (Å²) in [4.78, 5) is 14.8. The summed E-state index contributed by atoms with van der Waals surface area (Å²) in [6, 6.07) is 5.01. The van der Waals surface area contributed by atoms with Gasteiger partial charge in [0.2, 0.25) is 0 Å². The first-order chi connectivity index (χ1) is 6.15. The number of nitrogens with zero attached hydrogens (tertiary/aromatic N) is 1. The summed E-state index contributed by atoms with van der Waals surface area (Å²) < 4.78 is 4.97. The Bertz CT molecular complexity index is 317. The molecule has 0 spiro atoms. The van der Waals surface area contributed by atoms with Crippen LogP contribution in [-0.2, 0) is 4.74 Å². The van der Waals surface area contributed by atoms with E-state index >= 15 is 0 Å². The average molecular weight is 245 g/mol. The molecule has 13 heavy (non-hydrogen) atoms. The molecule has 0 aliphatic rings. The Balaban J connectivity index is 2.98. The normalized spacial score (nSPS) is 12.5. The van der Waals surface area contributed by atoms with E-state index in [0.29, 0.717) is 5.69 Å². The summed E-state index contributed by atoms with van der Waals surface area (Å²) in [6.45, 7) is 0. The Labute approximate surface area is 84.2 Å². The molecule has 0 aliphatic carbocycles. The Morgan fingerprint density at radius 2 is 2.38 bits per heavy atom. The summed E-state index contributed by atoms with van der Waals surface area (Å²) in [5, 5.41) is -0.313. The fraction of sp³-hybridized carbons (Fsp3) is 0.250. The van der Waals surface area contributed by atoms with Gasteiger partial charge < -0.3 is 10.5 Å². The molecule has 0 aromatic carbocycles. The molecule has 1 aromatic heterocycles. The predicted octanol–water partition coefficient (Wildman–Crippen LogP) is 1.22. The maximum Gasteiger partial charge on any atom is 0.267 e. The lowest BCUT2D eigenvalue weighted by molar-refractivity contribution is 0.0994. The number of hydrogen-bond acceptors (Lipinski definition) is 3. The van der Waals surface area contributed by atoms with E-state index in [4.69, 9.17) is 10.5 Å². The molecular weight excluding hydrogens is 236 g/mol. The molecule has 1 heterocycles. The van der Waals surface area contributed by atoms with Crippen molar-refractivity contribution in [3.05, 3.63) is 29.6 Å². The van der Waals surface area contributed by atoms with Gasteiger partial charge in [-0.25, -0.2) is 4.98 Å². The highest BCUT2D eigenvalue weighted by molar-refractivity contribution is 9.09. The Morgan fingerprint density at radius 1 is 1.69 bits per heavy atom. The number of pyridine rings is 1. The summed E-state index contributed by atoms with van der Waals surface area (Å²) >= 11 is 3.23. The molecule has 0 radical (unpaired) electrons. The van der Waals surface area contributed by atoms with Crippen LogP contribution < -0.4 is 5.73 Å². The third-order valence-corrected chi connectivity index (χ3v) is 2.31. The summed E-state index contributed by atoms with van der Waals surface area (Å²) in [5.74, 6) is -0.544. The zero-order chi connectivity index (χ0) is 9.84. The van der Waals surface area contributed by atoms with Gasteiger partial charge in [0.25, 0.3) is 5.91 Å². The first-order valence-corrected chi connectivity index (χ1v) is 4.50. The number of amides is 1. The molecule has 2 N–H and O–H groups in total. The van der Waals surface area contributed by atoms with Gasteiger partial charge in [-0.15, -0.1) is 0 Å². The van der Waals surface area contributed by atoms with Gasteiger partial charge in [-0.1, -0.05) is 22.0 Å². The van der Waals surface area contributed by atoms with Crippen LogP contribution in [0.25, 0.3) is 0 Å². The zero-order valence-corrected chi connectivity index (χ0v) is 8.61. The standard InChI is InChI=1S/C8H9BrN2O2/c1-13-7(9)5-3-2-4-6(11-5)8(10)12/h2-4,7H,1H3,(H2,10,12). The van der Waals surface area contributed by atoms with Gasteiger partial charge in [-0.05, 0) is 12.1 Å². The minimum absolute atomic E-state index is 0.235. The molecule has 1 aromatic rings. The predicted molar refractivity (Wildman–Crippen MR) is 51.4 cm³/mol. The molecule has 0 saturated heterocycles. The Morgan fingerprint density at radius 3 is 2.92 bits per heavy atom. The van der Waals surface area contributed by atoms with Gasteiger partial charge in [-0.2, -0.15) is 0 Å². The maximum absolute atomic E-state index is 10.8. The van der Waals surface area contributed by atoms with Crippen LogP contribution in [0.15, 0.2) is 18.2 Å². The van der Waals surface area contributed by atoms with Gasteiger partial charge >= 0.3 is 0 Å². The zero-order valence-electron chi connectivity index (χ0n) is 7.03. The Hall–Kier alpha value is -0.940. The van der Waals surface area contributed by atoms with E-state index in [9.17, 15) is 4.79 Å². The largest absolute Gasteiger partial charge is 0.364 e. The molecule has 4 nitrogen and oxygen atoms in total. The van der Waals surface area contributed by atoms with Crippen molar-refractivity contribution in [1.29, 1.82) is 0 Å². The molecule has 1 unspecified atom stereocenters. The minimum Gasteiger partial charge on any atom is -0.364 e. The van der Waals surface area contributed by atoms with Crippen LogP contribution in [0.3, 0.4) is 0 Å². The molecule has 1 amide bonds. The molecule has 1 atom stereocenters. The summed E-state index contributed by atoms with van der Waals surface area (Å²) in [6.07, 6.45) is 0. The molecule has 70 valence electrons. The average Bonchev–Trinajstić information content (AvgIpc) is 2.17. The second-order valence-corrected chi connectivity index (χ2v) is 3.20. The highest BCUT2D eigenvalue weighted by Crippen LogP contribution is 2.20. The van der Waals surface area contributed by atoms with Crippen molar-refractivity contribution in [2.24, 2.45) is 5.73 Å². The van der Waals surface area contributed by atoms with Crippen molar-refractivity contribution in [2.75, 3.05) is 7.11 Å². The third kappa shape index (κ3) is 2.50. The van der Waals surface area contributed by atoms with E-state index in [2.05, 4.69) is 20.9 Å². The molecule has 0 fully saturated rings. The Kier molecular flexibility index (Phi) is 3.39. The van der Waals surface area contributed by atoms with Crippen LogP contribution >= 0.6 is 15.9 Å². The van der Waals surface area contributed by atoms with Gasteiger partial charge in [-0.3, -0.25) is 4.79 Å². The molecular formula is C8H9BrN2O2. The van der Waals surface area contributed by atoms with Gasteiger partial charge in [0.1, 0.15) is 5.69 Å². The highest BCUT2D eigenvalue weighted by atomic mass is 79.9. The summed E-state index contributed by atoms with van der Waals surface area (Å²) in [5.41, 5.74) is 5.93. The van der Waals surface area contributed by atoms with Crippen molar-refractivity contribution in [2.45, 2.75) is 5.01 Å². The van der Waals surface area contributed by atoms with E-state index in [1.54, 1.807) is 18.2 Å². The van der Waals surface area contributed by atoms with E-state index in [0.717, 1.165) is 0 Å². The third-order valence-electron chi connectivity index (χ3n) is 1.46. The second-order valence-electron chi connectivity index (χ2n) is 2.36. The van der Waals surface area contributed by atoms with E-state index in [1.807, 2.05) is 0 Å². The second kappa shape index (κ2) is 4.34. The first-order valence-electron chi connectivity index (χ1n) is 3.58. The van der Waals surface area contributed by atoms with Crippen molar-refractivity contribution in [1.82, 2.24) is 4.98 Å². The van der Waals surface area contributed by atoms with E-state index in [-0.39, 0.29) is 10.7 Å². The molecule has 0 saturated carbocycles. The van der Waals surface area contributed by atoms with Crippen molar-refractivity contribution in [3.63, 3.8) is 0 Å². The fourth-order valence-electron chi connectivity index (χ4n) is 0.836. The smallest absolute Gasteiger partial charge is 0.267 e. The lowest BCUT2D eigenvalue weighted by Gasteiger charge is -2.06. The number of ether oxygens (including phenoxy) is 1. The SMILES string of the molecule is COC(Br)c1cccc(C(N)=O)n1. The van der Waals surface area contributed by atoms with E-state index < -0.39 is 5.91 Å².